The zero-order chi connectivity index (χ0) is 18.2. The first kappa shape index (κ1) is 22.5. The molecule has 1 aromatic carbocycles. The average Bonchev–Trinajstić information content (AvgIpc) is 3.08. The third-order valence-electron chi connectivity index (χ3n) is 4.16. The summed E-state index contributed by atoms with van der Waals surface area (Å²) in [6.45, 7) is 6.42. The molecule has 146 valence electrons. The highest BCUT2D eigenvalue weighted by Gasteiger charge is 2.25. The maximum atomic E-state index is 13.8. The number of guanidine groups is 1. The number of ether oxygens (including phenoxy) is 1. The molecule has 1 saturated heterocycles. The molecule has 26 heavy (non-hydrogen) atoms. The maximum Gasteiger partial charge on any atom is 0.222 e. The van der Waals surface area contributed by atoms with E-state index < -0.39 is 5.82 Å². The lowest BCUT2D eigenvalue weighted by Gasteiger charge is -2.18. The summed E-state index contributed by atoms with van der Waals surface area (Å²) in [6.07, 6.45) is 1.43. The van der Waals surface area contributed by atoms with Crippen molar-refractivity contribution in [2.45, 2.75) is 39.3 Å². The molecule has 6 nitrogen and oxygen atoms in total. The number of nitrogens with one attached hydrogen (secondary N) is 2. The van der Waals surface area contributed by atoms with Crippen molar-refractivity contribution in [2.75, 3.05) is 26.7 Å². The molecule has 2 rings (SSSR count). The summed E-state index contributed by atoms with van der Waals surface area (Å²) in [5.41, 5.74) is 0.768. The van der Waals surface area contributed by atoms with Gasteiger partial charge in [-0.25, -0.2) is 9.38 Å². The lowest BCUT2D eigenvalue weighted by atomic mass is 10.2. The Labute approximate surface area is 171 Å². The summed E-state index contributed by atoms with van der Waals surface area (Å²) < 4.78 is 18.7. The van der Waals surface area contributed by atoms with Crippen LogP contribution in [0.25, 0.3) is 0 Å². The largest absolute Gasteiger partial charge is 0.494 e. The van der Waals surface area contributed by atoms with E-state index >= 15 is 0 Å². The number of carbonyl (C=O) groups excluding carboxylic acids is 1. The van der Waals surface area contributed by atoms with Gasteiger partial charge in [0.15, 0.2) is 17.5 Å². The topological polar surface area (TPSA) is 66.0 Å². The minimum absolute atomic E-state index is 0. The minimum Gasteiger partial charge on any atom is -0.494 e. The van der Waals surface area contributed by atoms with Crippen LogP contribution in [0.2, 0.25) is 0 Å². The zero-order valence-corrected chi connectivity index (χ0v) is 17.9. The molecule has 1 aromatic rings. The average molecular weight is 478 g/mol. The van der Waals surface area contributed by atoms with Gasteiger partial charge >= 0.3 is 0 Å². The normalized spacial score (nSPS) is 16.8. The lowest BCUT2D eigenvalue weighted by molar-refractivity contribution is -0.129. The van der Waals surface area contributed by atoms with Crippen LogP contribution in [0.15, 0.2) is 23.2 Å². The smallest absolute Gasteiger partial charge is 0.222 e. The van der Waals surface area contributed by atoms with Gasteiger partial charge in [0.25, 0.3) is 0 Å². The third kappa shape index (κ3) is 6.30. The van der Waals surface area contributed by atoms with E-state index in [4.69, 9.17) is 4.74 Å². The van der Waals surface area contributed by atoms with E-state index in [0.29, 0.717) is 25.5 Å². The number of amides is 1. The van der Waals surface area contributed by atoms with E-state index in [1.54, 1.807) is 12.1 Å². The molecular weight excluding hydrogens is 450 g/mol. The zero-order valence-electron chi connectivity index (χ0n) is 15.5. The molecule has 0 radical (unpaired) electrons. The molecule has 0 bridgehead atoms. The number of carbonyl (C=O) groups is 1. The van der Waals surface area contributed by atoms with Crippen LogP contribution in [0, 0.1) is 5.82 Å². The van der Waals surface area contributed by atoms with E-state index in [2.05, 4.69) is 15.6 Å². The van der Waals surface area contributed by atoms with Crippen molar-refractivity contribution in [3.63, 3.8) is 0 Å². The maximum absolute atomic E-state index is 13.8. The highest BCUT2D eigenvalue weighted by Crippen LogP contribution is 2.18. The van der Waals surface area contributed by atoms with Gasteiger partial charge in [-0.1, -0.05) is 13.0 Å². The molecule has 0 aromatic heterocycles. The van der Waals surface area contributed by atoms with Gasteiger partial charge in [-0.2, -0.15) is 0 Å². The summed E-state index contributed by atoms with van der Waals surface area (Å²) >= 11 is 0. The second-order valence-electron chi connectivity index (χ2n) is 5.99. The number of rotatable bonds is 6. The first-order valence-corrected chi connectivity index (χ1v) is 8.72. The van der Waals surface area contributed by atoms with Crippen molar-refractivity contribution < 1.29 is 13.9 Å². The molecule has 2 N–H and O–H groups in total. The number of nitrogens with zero attached hydrogens (tertiary/aromatic N) is 2. The van der Waals surface area contributed by atoms with E-state index in [1.165, 1.54) is 13.2 Å². The lowest BCUT2D eigenvalue weighted by Crippen LogP contribution is -2.45. The van der Waals surface area contributed by atoms with Crippen molar-refractivity contribution in [2.24, 2.45) is 4.99 Å². The molecule has 0 spiro atoms. The van der Waals surface area contributed by atoms with E-state index in [9.17, 15) is 9.18 Å². The number of halogens is 2. The summed E-state index contributed by atoms with van der Waals surface area (Å²) in [4.78, 5) is 18.2. The molecule has 1 amide bonds. The van der Waals surface area contributed by atoms with Crippen molar-refractivity contribution in [1.82, 2.24) is 15.5 Å². The van der Waals surface area contributed by atoms with Crippen molar-refractivity contribution in [1.29, 1.82) is 0 Å². The molecule has 0 aliphatic carbocycles. The van der Waals surface area contributed by atoms with E-state index in [0.717, 1.165) is 25.1 Å². The van der Waals surface area contributed by atoms with Crippen molar-refractivity contribution in [3.8, 4) is 5.75 Å². The fourth-order valence-electron chi connectivity index (χ4n) is 2.82. The summed E-state index contributed by atoms with van der Waals surface area (Å²) in [5, 5.41) is 6.55. The van der Waals surface area contributed by atoms with Gasteiger partial charge in [-0.3, -0.25) is 4.79 Å². The fraction of sp³-hybridized carbons (Fsp3) is 0.556. The molecule has 1 heterocycles. The van der Waals surface area contributed by atoms with Crippen molar-refractivity contribution in [3.05, 3.63) is 29.6 Å². The SMILES string of the molecule is CCNC(=NCc1ccc(OC)c(F)c1)NC1CCN(C(=O)CC)C1.I. The number of hydrogen-bond acceptors (Lipinski definition) is 3. The van der Waals surface area contributed by atoms with Crippen LogP contribution in [0.4, 0.5) is 4.39 Å². The number of benzene rings is 1. The highest BCUT2D eigenvalue weighted by molar-refractivity contribution is 14.0. The van der Waals surface area contributed by atoms with Gasteiger partial charge in [-0.15, -0.1) is 24.0 Å². The Morgan fingerprint density at radius 2 is 2.19 bits per heavy atom. The number of methoxy groups -OCH3 is 1. The predicted molar refractivity (Wildman–Crippen MR) is 112 cm³/mol. The van der Waals surface area contributed by atoms with Crippen LogP contribution in [0.5, 0.6) is 5.75 Å². The molecule has 0 saturated carbocycles. The third-order valence-corrected chi connectivity index (χ3v) is 4.16. The number of aliphatic imine (C=N–C) groups is 1. The van der Waals surface area contributed by atoms with Gasteiger partial charge in [-0.05, 0) is 31.0 Å². The predicted octanol–water partition coefficient (Wildman–Crippen LogP) is 2.52. The standard InChI is InChI=1S/C18H27FN4O2.HI/c1-4-17(24)23-9-8-14(12-23)22-18(20-5-2)21-11-13-6-7-16(25-3)15(19)10-13;/h6-7,10,14H,4-5,8-9,11-12H2,1-3H3,(H2,20,21,22);1H. The van der Waals surface area contributed by atoms with E-state index in [-0.39, 0.29) is 41.7 Å². The van der Waals surface area contributed by atoms with Gasteiger partial charge in [0, 0.05) is 32.1 Å². The molecule has 1 fully saturated rings. The second-order valence-corrected chi connectivity index (χ2v) is 5.99. The van der Waals surface area contributed by atoms with Gasteiger partial charge in [0.2, 0.25) is 5.91 Å². The second kappa shape index (κ2) is 11.2. The van der Waals surface area contributed by atoms with Crippen LogP contribution in [-0.4, -0.2) is 49.6 Å². The first-order chi connectivity index (χ1) is 12.1. The number of likely N-dealkylation sites (tertiary alicyclic amines) is 1. The molecule has 1 unspecified atom stereocenters. The van der Waals surface area contributed by atoms with Crippen LogP contribution < -0.4 is 15.4 Å². The molecular formula is C18H28FIN4O2. The first-order valence-electron chi connectivity index (χ1n) is 8.72. The van der Waals surface area contributed by atoms with E-state index in [1.807, 2.05) is 18.7 Å². The van der Waals surface area contributed by atoms with Gasteiger partial charge in [0.05, 0.1) is 13.7 Å². The van der Waals surface area contributed by atoms with Gasteiger partial charge < -0.3 is 20.3 Å². The Morgan fingerprint density at radius 3 is 2.81 bits per heavy atom. The van der Waals surface area contributed by atoms with Gasteiger partial charge in [0.1, 0.15) is 0 Å². The van der Waals surface area contributed by atoms with Crippen LogP contribution in [0.1, 0.15) is 32.3 Å². The monoisotopic (exact) mass is 478 g/mol. The van der Waals surface area contributed by atoms with Crippen molar-refractivity contribution >= 4 is 35.8 Å². The quantitative estimate of drug-likeness (QED) is 0.375. The van der Waals surface area contributed by atoms with Crippen LogP contribution >= 0.6 is 24.0 Å². The Kier molecular flexibility index (Phi) is 9.68. The molecule has 1 atom stereocenters. The number of hydrogen-bond donors (Lipinski definition) is 2. The molecule has 8 heteroatoms. The summed E-state index contributed by atoms with van der Waals surface area (Å²) in [6, 6.07) is 5.02. The fourth-order valence-corrected chi connectivity index (χ4v) is 2.82. The minimum atomic E-state index is -0.391. The Hall–Kier alpha value is -1.58. The summed E-state index contributed by atoms with van der Waals surface area (Å²) in [5.74, 6) is 0.691. The molecule has 1 aliphatic heterocycles. The Morgan fingerprint density at radius 1 is 1.42 bits per heavy atom. The van der Waals surface area contributed by atoms with Crippen LogP contribution in [0.3, 0.4) is 0 Å². The Bertz CT molecular complexity index is 627. The highest BCUT2D eigenvalue weighted by atomic mass is 127. The molecule has 1 aliphatic rings. The van der Waals surface area contributed by atoms with Crippen LogP contribution in [-0.2, 0) is 11.3 Å². The Balaban J connectivity index is 0.00000338. The summed E-state index contributed by atoms with van der Waals surface area (Å²) in [7, 11) is 1.44.